The number of anilines is 1. The van der Waals surface area contributed by atoms with Crippen molar-refractivity contribution in [3.05, 3.63) is 59.8 Å². The van der Waals surface area contributed by atoms with Crippen molar-refractivity contribution in [2.75, 3.05) is 11.9 Å². The molecule has 0 bridgehead atoms. The lowest BCUT2D eigenvalue weighted by atomic mass is 10.2. The highest BCUT2D eigenvalue weighted by molar-refractivity contribution is 6.05. The molecule has 3 rings (SSSR count). The highest BCUT2D eigenvalue weighted by Crippen LogP contribution is 2.12. The van der Waals surface area contributed by atoms with E-state index in [1.54, 1.807) is 18.3 Å². The number of amides is 1. The summed E-state index contributed by atoms with van der Waals surface area (Å²) in [6.07, 6.45) is 1.67. The summed E-state index contributed by atoms with van der Waals surface area (Å²) in [4.78, 5) is 20.8. The predicted octanol–water partition coefficient (Wildman–Crippen LogP) is 2.07. The number of aliphatic imine (C=N–C) groups is 1. The Kier molecular flexibility index (Phi) is 3.64. The summed E-state index contributed by atoms with van der Waals surface area (Å²) in [5, 5.41) is 6.04. The number of nitrogens with zero attached hydrogens (tertiary/aromatic N) is 2. The number of pyridine rings is 1. The van der Waals surface area contributed by atoms with E-state index < -0.39 is 0 Å². The van der Waals surface area contributed by atoms with E-state index in [0.29, 0.717) is 11.4 Å². The third-order valence-electron chi connectivity index (χ3n) is 3.23. The molecule has 5 heteroatoms. The Bertz CT molecular complexity index is 682. The van der Waals surface area contributed by atoms with E-state index in [0.717, 1.165) is 17.9 Å². The average molecular weight is 280 g/mol. The van der Waals surface area contributed by atoms with Crippen LogP contribution in [0.25, 0.3) is 0 Å². The molecule has 1 aromatic heterocycles. The molecule has 2 aromatic rings. The van der Waals surface area contributed by atoms with Gasteiger partial charge in [0.25, 0.3) is 5.91 Å². The zero-order valence-corrected chi connectivity index (χ0v) is 11.7. The highest BCUT2D eigenvalue weighted by Gasteiger charge is 2.14. The van der Waals surface area contributed by atoms with Gasteiger partial charge in [0, 0.05) is 23.9 Å². The first kappa shape index (κ1) is 13.3. The molecule has 0 radical (unpaired) electrons. The van der Waals surface area contributed by atoms with Gasteiger partial charge in [0.1, 0.15) is 11.7 Å². The Labute approximate surface area is 123 Å². The van der Waals surface area contributed by atoms with Crippen molar-refractivity contribution < 1.29 is 4.79 Å². The molecule has 1 unspecified atom stereocenters. The van der Waals surface area contributed by atoms with Gasteiger partial charge in [-0.3, -0.25) is 9.79 Å². The molecule has 2 heterocycles. The fourth-order valence-electron chi connectivity index (χ4n) is 2.16. The van der Waals surface area contributed by atoms with E-state index in [9.17, 15) is 4.79 Å². The van der Waals surface area contributed by atoms with Crippen molar-refractivity contribution in [3.8, 4) is 0 Å². The molecule has 5 nitrogen and oxygen atoms in total. The first-order valence-electron chi connectivity index (χ1n) is 6.87. The number of carbonyl (C=O) groups excluding carboxylic acids is 1. The van der Waals surface area contributed by atoms with Gasteiger partial charge in [-0.15, -0.1) is 0 Å². The Morgan fingerprint density at radius 2 is 2.10 bits per heavy atom. The number of nitrogens with one attached hydrogen (secondary N) is 2. The largest absolute Gasteiger partial charge is 0.368 e. The second-order valence-corrected chi connectivity index (χ2v) is 4.96. The average Bonchev–Trinajstić information content (AvgIpc) is 2.95. The van der Waals surface area contributed by atoms with Gasteiger partial charge in [-0.2, -0.15) is 0 Å². The lowest BCUT2D eigenvalue weighted by Gasteiger charge is -2.07. The molecule has 21 heavy (non-hydrogen) atoms. The molecular weight excluding hydrogens is 264 g/mol. The Morgan fingerprint density at radius 1 is 1.29 bits per heavy atom. The fraction of sp³-hybridized carbons (Fsp3) is 0.188. The third kappa shape index (κ3) is 3.08. The van der Waals surface area contributed by atoms with Crippen LogP contribution < -0.4 is 10.6 Å². The van der Waals surface area contributed by atoms with E-state index in [2.05, 4.69) is 27.5 Å². The zero-order valence-electron chi connectivity index (χ0n) is 11.7. The molecule has 1 aliphatic rings. The van der Waals surface area contributed by atoms with Crippen LogP contribution >= 0.6 is 0 Å². The molecule has 2 N–H and O–H groups in total. The lowest BCUT2D eigenvalue weighted by molar-refractivity contribution is 0.102. The molecule has 0 saturated carbocycles. The van der Waals surface area contributed by atoms with Gasteiger partial charge in [-0.05, 0) is 31.2 Å². The topological polar surface area (TPSA) is 66.4 Å². The Hall–Kier alpha value is -2.69. The fourth-order valence-corrected chi connectivity index (χ4v) is 2.16. The summed E-state index contributed by atoms with van der Waals surface area (Å²) in [6.45, 7) is 2.89. The standard InChI is InChI=1S/C16H16N4O/c1-11-10-18-15(19-11)13-7-8-17-14(9-13)20-16(21)12-5-3-2-4-6-12/h2-9,11H,10H2,1H3,(H,18,19)(H,17,20,21). The van der Waals surface area contributed by atoms with Crippen LogP contribution in [0.1, 0.15) is 22.8 Å². The van der Waals surface area contributed by atoms with Crippen molar-refractivity contribution in [1.29, 1.82) is 0 Å². The highest BCUT2D eigenvalue weighted by atomic mass is 16.1. The summed E-state index contributed by atoms with van der Waals surface area (Å²) < 4.78 is 0. The molecule has 1 amide bonds. The minimum Gasteiger partial charge on any atom is -0.368 e. The third-order valence-corrected chi connectivity index (χ3v) is 3.23. The van der Waals surface area contributed by atoms with Crippen molar-refractivity contribution in [2.24, 2.45) is 4.99 Å². The molecule has 1 atom stereocenters. The number of amidine groups is 1. The minimum absolute atomic E-state index is 0.171. The molecular formula is C16H16N4O. The van der Waals surface area contributed by atoms with Crippen LogP contribution in [-0.2, 0) is 0 Å². The van der Waals surface area contributed by atoms with Crippen LogP contribution in [-0.4, -0.2) is 29.3 Å². The van der Waals surface area contributed by atoms with E-state index in [1.165, 1.54) is 0 Å². The maximum atomic E-state index is 12.1. The van der Waals surface area contributed by atoms with E-state index in [1.807, 2.05) is 30.3 Å². The smallest absolute Gasteiger partial charge is 0.256 e. The summed E-state index contributed by atoms with van der Waals surface area (Å²) in [5.74, 6) is 1.19. The van der Waals surface area contributed by atoms with Gasteiger partial charge in [0.05, 0.1) is 6.04 Å². The maximum Gasteiger partial charge on any atom is 0.256 e. The van der Waals surface area contributed by atoms with Crippen LogP contribution in [0.2, 0.25) is 0 Å². The number of benzene rings is 1. The van der Waals surface area contributed by atoms with E-state index in [4.69, 9.17) is 0 Å². The zero-order chi connectivity index (χ0) is 14.7. The SMILES string of the molecule is CC1CNC(c2ccnc(NC(=O)c3ccccc3)c2)=N1. The summed E-state index contributed by atoms with van der Waals surface area (Å²) in [6, 6.07) is 13.0. The second-order valence-electron chi connectivity index (χ2n) is 4.96. The number of hydrogen-bond acceptors (Lipinski definition) is 4. The maximum absolute atomic E-state index is 12.1. The normalized spacial score (nSPS) is 17.0. The van der Waals surface area contributed by atoms with Crippen LogP contribution in [0.15, 0.2) is 53.7 Å². The number of hydrogen-bond donors (Lipinski definition) is 2. The summed E-state index contributed by atoms with van der Waals surface area (Å²) in [7, 11) is 0. The first-order chi connectivity index (χ1) is 10.2. The molecule has 0 fully saturated rings. The molecule has 106 valence electrons. The molecule has 1 aromatic carbocycles. The Morgan fingerprint density at radius 3 is 2.81 bits per heavy atom. The molecule has 0 spiro atoms. The van der Waals surface area contributed by atoms with Crippen LogP contribution in [0.5, 0.6) is 0 Å². The van der Waals surface area contributed by atoms with Gasteiger partial charge < -0.3 is 10.6 Å². The Balaban J connectivity index is 1.78. The van der Waals surface area contributed by atoms with Crippen molar-refractivity contribution in [3.63, 3.8) is 0 Å². The second kappa shape index (κ2) is 5.75. The van der Waals surface area contributed by atoms with Gasteiger partial charge in [0.15, 0.2) is 0 Å². The van der Waals surface area contributed by atoms with Crippen LogP contribution in [0.4, 0.5) is 5.82 Å². The summed E-state index contributed by atoms with van der Waals surface area (Å²) in [5.41, 5.74) is 1.53. The van der Waals surface area contributed by atoms with Gasteiger partial charge >= 0.3 is 0 Å². The van der Waals surface area contributed by atoms with Crippen molar-refractivity contribution >= 4 is 17.6 Å². The first-order valence-corrected chi connectivity index (χ1v) is 6.87. The molecule has 0 aliphatic carbocycles. The van der Waals surface area contributed by atoms with Crippen LogP contribution in [0, 0.1) is 0 Å². The molecule has 0 saturated heterocycles. The minimum atomic E-state index is -0.171. The van der Waals surface area contributed by atoms with Crippen molar-refractivity contribution in [1.82, 2.24) is 10.3 Å². The van der Waals surface area contributed by atoms with Crippen LogP contribution in [0.3, 0.4) is 0 Å². The summed E-state index contributed by atoms with van der Waals surface area (Å²) >= 11 is 0. The lowest BCUT2D eigenvalue weighted by Crippen LogP contribution is -2.21. The van der Waals surface area contributed by atoms with Gasteiger partial charge in [-0.1, -0.05) is 18.2 Å². The monoisotopic (exact) mass is 280 g/mol. The van der Waals surface area contributed by atoms with Gasteiger partial charge in [0.2, 0.25) is 0 Å². The predicted molar refractivity (Wildman–Crippen MR) is 82.6 cm³/mol. The van der Waals surface area contributed by atoms with E-state index >= 15 is 0 Å². The quantitative estimate of drug-likeness (QED) is 0.904. The van der Waals surface area contributed by atoms with Gasteiger partial charge in [-0.25, -0.2) is 4.98 Å². The number of aromatic nitrogens is 1. The number of rotatable bonds is 3. The van der Waals surface area contributed by atoms with Crippen molar-refractivity contribution in [2.45, 2.75) is 13.0 Å². The number of carbonyl (C=O) groups is 1. The molecule has 1 aliphatic heterocycles. The van der Waals surface area contributed by atoms with E-state index in [-0.39, 0.29) is 11.9 Å².